The molecule has 0 saturated heterocycles. The first-order valence-electron chi connectivity index (χ1n) is 22.5. The molecular weight excluding hydrogens is 807 g/mol. The summed E-state index contributed by atoms with van der Waals surface area (Å²) in [6, 6.07) is 66.8. The zero-order valence-corrected chi connectivity index (χ0v) is 36.5. The van der Waals surface area contributed by atoms with Crippen LogP contribution in [0.4, 0.5) is 17.1 Å². The fourth-order valence-corrected chi connectivity index (χ4v) is 16.0. The quantitative estimate of drug-likeness (QED) is 0.167. The van der Waals surface area contributed by atoms with Crippen molar-refractivity contribution in [1.29, 1.82) is 0 Å². The van der Waals surface area contributed by atoms with E-state index in [4.69, 9.17) is 0 Å². The standard InChI is InChI=1S/C58H45NO2S2/c60-63(61)55-24-11-8-20-50(55)58(41-32-37-31-38(34-41)35-42(58)33-37)51-36-44(29-30-56(51)63)59(52-21-9-6-16-46(52)39-13-2-1-3-14-39)43-27-25-40(26-28-43)45-15-4-5-17-47(45)48-19-12-23-54-57(48)49-18-7-10-22-53(49)62-54/h1-30,36-38,41-42H,31-35H2/t37-,38+,41+,42-,58?. The molecule has 2 heterocycles. The van der Waals surface area contributed by atoms with Crippen LogP contribution in [-0.4, -0.2) is 8.42 Å². The highest BCUT2D eigenvalue weighted by Gasteiger charge is 2.62. The minimum Gasteiger partial charge on any atom is -0.310 e. The van der Waals surface area contributed by atoms with Gasteiger partial charge in [-0.05, 0) is 149 Å². The van der Waals surface area contributed by atoms with Gasteiger partial charge in [0.25, 0.3) is 0 Å². The molecule has 1 aliphatic heterocycles. The Hall–Kier alpha value is -6.27. The first kappa shape index (κ1) is 37.3. The molecule has 0 radical (unpaired) electrons. The molecule has 4 bridgehead atoms. The van der Waals surface area contributed by atoms with Gasteiger partial charge in [-0.1, -0.05) is 133 Å². The van der Waals surface area contributed by atoms with E-state index in [0.29, 0.717) is 21.6 Å². The minimum atomic E-state index is -3.74. The fourth-order valence-electron chi connectivity index (χ4n) is 13.0. The average Bonchev–Trinajstić information content (AvgIpc) is 3.71. The number of fused-ring (bicyclic) bond motifs is 5. The molecule has 4 saturated carbocycles. The van der Waals surface area contributed by atoms with Gasteiger partial charge in [0, 0.05) is 42.5 Å². The molecule has 0 N–H and O–H groups in total. The lowest BCUT2D eigenvalue weighted by atomic mass is 9.42. The van der Waals surface area contributed by atoms with E-state index < -0.39 is 9.84 Å². The summed E-state index contributed by atoms with van der Waals surface area (Å²) >= 11 is 1.85. The SMILES string of the molecule is O=S1(=O)c2ccccc2C2(c3cc(N(c4ccc(-c5ccccc5-c5cccc6sc7ccccc7c56)cc4)c4ccccc4-c4ccccc4)ccc31)[C@H]1C[C@H]3C[C@H](C[C@H]2C3)C1. The number of anilines is 3. The van der Waals surface area contributed by atoms with Crippen molar-refractivity contribution >= 4 is 58.4 Å². The van der Waals surface area contributed by atoms with E-state index in [2.05, 4.69) is 175 Å². The summed E-state index contributed by atoms with van der Waals surface area (Å²) in [5, 5.41) is 2.60. The maximum absolute atomic E-state index is 14.8. The van der Waals surface area contributed by atoms with Gasteiger partial charge in [0.15, 0.2) is 0 Å². The summed E-state index contributed by atoms with van der Waals surface area (Å²) in [6.07, 6.45) is 6.02. The molecule has 4 fully saturated rings. The van der Waals surface area contributed by atoms with E-state index in [1.165, 1.54) is 69.0 Å². The molecule has 1 aromatic heterocycles. The maximum Gasteiger partial charge on any atom is 0.207 e. The van der Waals surface area contributed by atoms with Gasteiger partial charge in [0.05, 0.1) is 15.5 Å². The Bertz CT molecular complexity index is 3360. The number of hydrogen-bond donors (Lipinski definition) is 0. The fraction of sp³-hybridized carbons (Fsp3) is 0.172. The Labute approximate surface area is 373 Å². The van der Waals surface area contributed by atoms with Crippen molar-refractivity contribution in [2.75, 3.05) is 4.90 Å². The molecule has 63 heavy (non-hydrogen) atoms. The van der Waals surface area contributed by atoms with Crippen LogP contribution in [0.1, 0.15) is 43.2 Å². The predicted molar refractivity (Wildman–Crippen MR) is 260 cm³/mol. The first-order chi connectivity index (χ1) is 31.0. The van der Waals surface area contributed by atoms with Crippen molar-refractivity contribution in [3.63, 3.8) is 0 Å². The van der Waals surface area contributed by atoms with E-state index in [-0.39, 0.29) is 5.41 Å². The lowest BCUT2D eigenvalue weighted by Crippen LogP contribution is -2.57. The van der Waals surface area contributed by atoms with Gasteiger partial charge in [-0.2, -0.15) is 0 Å². The molecule has 3 nitrogen and oxygen atoms in total. The smallest absolute Gasteiger partial charge is 0.207 e. The lowest BCUT2D eigenvalue weighted by Gasteiger charge is -2.63. The van der Waals surface area contributed by atoms with Crippen LogP contribution in [0.3, 0.4) is 0 Å². The highest BCUT2D eigenvalue weighted by atomic mass is 32.2. The van der Waals surface area contributed by atoms with E-state index in [9.17, 15) is 8.42 Å². The van der Waals surface area contributed by atoms with Gasteiger partial charge in [-0.3, -0.25) is 0 Å². The Morgan fingerprint density at radius 1 is 0.460 bits per heavy atom. The Morgan fingerprint density at radius 2 is 1.05 bits per heavy atom. The molecule has 0 atom stereocenters. The molecule has 1 spiro atoms. The van der Waals surface area contributed by atoms with Crippen molar-refractivity contribution in [1.82, 2.24) is 0 Å². The number of nitrogens with zero attached hydrogens (tertiary/aromatic N) is 1. The van der Waals surface area contributed by atoms with Crippen LogP contribution in [0.15, 0.2) is 198 Å². The predicted octanol–water partition coefficient (Wildman–Crippen LogP) is 15.4. The van der Waals surface area contributed by atoms with E-state index in [1.54, 1.807) is 0 Å². The summed E-state index contributed by atoms with van der Waals surface area (Å²) in [5.41, 5.74) is 11.8. The Kier molecular flexibility index (Phi) is 8.36. The zero-order chi connectivity index (χ0) is 41.9. The molecule has 5 heteroatoms. The van der Waals surface area contributed by atoms with Crippen molar-refractivity contribution in [3.8, 4) is 33.4 Å². The monoisotopic (exact) mass is 851 g/mol. The summed E-state index contributed by atoms with van der Waals surface area (Å²) in [6.45, 7) is 0. The summed E-state index contributed by atoms with van der Waals surface area (Å²) in [5.74, 6) is 2.32. The minimum absolute atomic E-state index is 0.338. The summed E-state index contributed by atoms with van der Waals surface area (Å²) in [7, 11) is -3.74. The second-order valence-corrected chi connectivity index (χ2v) is 21.4. The molecule has 14 rings (SSSR count). The normalized spacial score (nSPS) is 22.6. The van der Waals surface area contributed by atoms with Crippen LogP contribution in [0.25, 0.3) is 53.6 Å². The van der Waals surface area contributed by atoms with Crippen LogP contribution in [0.2, 0.25) is 0 Å². The van der Waals surface area contributed by atoms with Gasteiger partial charge in [-0.15, -0.1) is 11.3 Å². The molecule has 9 aromatic rings. The molecule has 0 amide bonds. The number of para-hydroxylation sites is 1. The topological polar surface area (TPSA) is 37.4 Å². The largest absolute Gasteiger partial charge is 0.310 e. The van der Waals surface area contributed by atoms with Crippen molar-refractivity contribution < 1.29 is 8.42 Å². The van der Waals surface area contributed by atoms with Crippen molar-refractivity contribution in [2.45, 2.75) is 47.3 Å². The molecule has 4 aliphatic carbocycles. The molecule has 0 unspecified atom stereocenters. The van der Waals surface area contributed by atoms with E-state index >= 15 is 0 Å². The maximum atomic E-state index is 14.8. The van der Waals surface area contributed by atoms with Crippen LogP contribution in [0.5, 0.6) is 0 Å². The summed E-state index contributed by atoms with van der Waals surface area (Å²) < 4.78 is 32.2. The van der Waals surface area contributed by atoms with Crippen LogP contribution >= 0.6 is 11.3 Å². The Morgan fingerprint density at radius 3 is 1.84 bits per heavy atom. The van der Waals surface area contributed by atoms with Crippen LogP contribution in [-0.2, 0) is 15.3 Å². The average molecular weight is 852 g/mol. The zero-order valence-electron chi connectivity index (χ0n) is 34.8. The molecular formula is C58H45NO2S2. The lowest BCUT2D eigenvalue weighted by molar-refractivity contribution is -0.0446. The van der Waals surface area contributed by atoms with Gasteiger partial charge in [0.1, 0.15) is 0 Å². The number of sulfone groups is 1. The van der Waals surface area contributed by atoms with Gasteiger partial charge < -0.3 is 4.90 Å². The third-order valence-electron chi connectivity index (χ3n) is 15.3. The number of hydrogen-bond acceptors (Lipinski definition) is 4. The van der Waals surface area contributed by atoms with Gasteiger partial charge >= 0.3 is 0 Å². The van der Waals surface area contributed by atoms with Gasteiger partial charge in [0.2, 0.25) is 9.84 Å². The highest BCUT2D eigenvalue weighted by Crippen LogP contribution is 2.68. The number of thiophene rings is 1. The van der Waals surface area contributed by atoms with Crippen molar-refractivity contribution in [2.24, 2.45) is 23.7 Å². The second-order valence-electron chi connectivity index (χ2n) is 18.4. The summed E-state index contributed by atoms with van der Waals surface area (Å²) in [4.78, 5) is 3.38. The highest BCUT2D eigenvalue weighted by molar-refractivity contribution is 7.91. The van der Waals surface area contributed by atoms with E-state index in [0.717, 1.165) is 56.7 Å². The number of benzene rings is 8. The van der Waals surface area contributed by atoms with Gasteiger partial charge in [-0.25, -0.2) is 8.42 Å². The first-order valence-corrected chi connectivity index (χ1v) is 24.8. The number of rotatable bonds is 6. The third-order valence-corrected chi connectivity index (χ3v) is 18.3. The molecule has 5 aliphatic rings. The van der Waals surface area contributed by atoms with Crippen LogP contribution < -0.4 is 4.90 Å². The molecule has 306 valence electrons. The Balaban J connectivity index is 0.999. The third kappa shape index (κ3) is 5.52. The molecule has 8 aromatic carbocycles. The van der Waals surface area contributed by atoms with E-state index in [1.807, 2.05) is 29.5 Å². The van der Waals surface area contributed by atoms with Crippen LogP contribution in [0, 0.1) is 23.7 Å². The van der Waals surface area contributed by atoms with Crippen molar-refractivity contribution in [3.05, 3.63) is 199 Å². The second kappa shape index (κ2) is 14.1.